The van der Waals surface area contributed by atoms with Gasteiger partial charge in [-0.2, -0.15) is 0 Å². The summed E-state index contributed by atoms with van der Waals surface area (Å²) < 4.78 is 0. The molecule has 0 aromatic rings. The maximum Gasteiger partial charge on any atom is 0.0125 e. The summed E-state index contributed by atoms with van der Waals surface area (Å²) in [5.74, 6) is 1.83. The van der Waals surface area contributed by atoms with Crippen LogP contribution in [0.2, 0.25) is 0 Å². The third-order valence-corrected chi connectivity index (χ3v) is 4.38. The van der Waals surface area contributed by atoms with Crippen molar-refractivity contribution >= 4 is 0 Å². The number of hydrogen-bond donors (Lipinski definition) is 0. The molecule has 0 bridgehead atoms. The van der Waals surface area contributed by atoms with E-state index in [1.807, 2.05) is 0 Å². The van der Waals surface area contributed by atoms with Gasteiger partial charge in [-0.15, -0.1) is 0 Å². The Labute approximate surface area is 101 Å². The summed E-state index contributed by atoms with van der Waals surface area (Å²) in [4.78, 5) is 5.34. The van der Waals surface area contributed by atoms with Gasteiger partial charge in [-0.05, 0) is 53.4 Å². The van der Waals surface area contributed by atoms with Crippen molar-refractivity contribution in [3.63, 3.8) is 0 Å². The van der Waals surface area contributed by atoms with E-state index < -0.39 is 0 Å². The lowest BCUT2D eigenvalue weighted by Crippen LogP contribution is -2.44. The van der Waals surface area contributed by atoms with Gasteiger partial charge in [0.15, 0.2) is 0 Å². The van der Waals surface area contributed by atoms with Gasteiger partial charge in [-0.25, -0.2) is 0 Å². The Balaban J connectivity index is 1.96. The van der Waals surface area contributed by atoms with Gasteiger partial charge in [0.2, 0.25) is 0 Å². The minimum Gasteiger partial charge on any atom is -0.298 e. The van der Waals surface area contributed by atoms with E-state index in [2.05, 4.69) is 51.3 Å². The molecule has 0 N–H and O–H groups in total. The van der Waals surface area contributed by atoms with E-state index in [-0.39, 0.29) is 0 Å². The molecule has 0 saturated carbocycles. The summed E-state index contributed by atoms with van der Waals surface area (Å²) in [5, 5.41) is 0. The van der Waals surface area contributed by atoms with Crippen LogP contribution in [-0.4, -0.2) is 47.1 Å². The Hall–Kier alpha value is -0.0800. The molecular weight excluding hydrogens is 196 g/mol. The fraction of sp³-hybridized carbons (Fsp3) is 1.00. The van der Waals surface area contributed by atoms with E-state index >= 15 is 0 Å². The maximum absolute atomic E-state index is 2.67. The van der Waals surface area contributed by atoms with Gasteiger partial charge in [0.25, 0.3) is 0 Å². The van der Waals surface area contributed by atoms with Gasteiger partial charge in [0, 0.05) is 37.3 Å². The molecule has 2 aliphatic rings. The van der Waals surface area contributed by atoms with Gasteiger partial charge in [-0.3, -0.25) is 9.80 Å². The molecular formula is C14H28N2. The van der Waals surface area contributed by atoms with E-state index in [9.17, 15) is 0 Å². The molecule has 0 aliphatic carbocycles. The highest BCUT2D eigenvalue weighted by molar-refractivity contribution is 4.98. The van der Waals surface area contributed by atoms with Crippen LogP contribution in [0.15, 0.2) is 0 Å². The average molecular weight is 224 g/mol. The average Bonchev–Trinajstić information content (AvgIpc) is 2.53. The van der Waals surface area contributed by atoms with Crippen LogP contribution in [0.3, 0.4) is 0 Å². The molecule has 2 rings (SSSR count). The first kappa shape index (κ1) is 12.4. The van der Waals surface area contributed by atoms with Crippen LogP contribution in [-0.2, 0) is 0 Å². The van der Waals surface area contributed by atoms with E-state index in [4.69, 9.17) is 0 Å². The van der Waals surface area contributed by atoms with Gasteiger partial charge >= 0.3 is 0 Å². The first-order valence-electron chi connectivity index (χ1n) is 6.68. The molecule has 2 nitrogen and oxygen atoms in total. The molecule has 94 valence electrons. The minimum absolute atomic E-state index is 0.358. The smallest absolute Gasteiger partial charge is 0.0125 e. The van der Waals surface area contributed by atoms with Crippen molar-refractivity contribution < 1.29 is 0 Å². The number of likely N-dealkylation sites (tertiary alicyclic amines) is 2. The molecule has 16 heavy (non-hydrogen) atoms. The fourth-order valence-corrected chi connectivity index (χ4v) is 3.09. The zero-order chi connectivity index (χ0) is 12.1. The number of hydrogen-bond acceptors (Lipinski definition) is 2. The van der Waals surface area contributed by atoms with Crippen molar-refractivity contribution in [1.29, 1.82) is 0 Å². The van der Waals surface area contributed by atoms with Crippen molar-refractivity contribution in [2.24, 2.45) is 11.8 Å². The topological polar surface area (TPSA) is 6.48 Å². The molecule has 2 saturated heterocycles. The second-order valence-electron chi connectivity index (χ2n) is 7.67. The van der Waals surface area contributed by atoms with Crippen LogP contribution in [0.25, 0.3) is 0 Å². The normalized spacial score (nSPS) is 33.4. The predicted molar refractivity (Wildman–Crippen MR) is 69.6 cm³/mol. The fourth-order valence-electron chi connectivity index (χ4n) is 3.09. The van der Waals surface area contributed by atoms with Crippen LogP contribution in [0, 0.1) is 11.8 Å². The van der Waals surface area contributed by atoms with Crippen molar-refractivity contribution in [1.82, 2.24) is 9.80 Å². The number of fused-ring (bicyclic) bond motifs is 1. The predicted octanol–water partition coefficient (Wildman–Crippen LogP) is 2.45. The van der Waals surface area contributed by atoms with Gasteiger partial charge < -0.3 is 0 Å². The Bertz CT molecular complexity index is 219. The molecule has 0 aromatic carbocycles. The summed E-state index contributed by atoms with van der Waals surface area (Å²) in [6.07, 6.45) is 0. The Morgan fingerprint density at radius 2 is 0.875 bits per heavy atom. The molecule has 0 spiro atoms. The maximum atomic E-state index is 2.67. The first-order chi connectivity index (χ1) is 7.18. The van der Waals surface area contributed by atoms with E-state index in [0.29, 0.717) is 11.1 Å². The third kappa shape index (κ3) is 2.28. The monoisotopic (exact) mass is 224 g/mol. The molecule has 2 aliphatic heterocycles. The van der Waals surface area contributed by atoms with Crippen molar-refractivity contribution in [2.45, 2.75) is 52.6 Å². The van der Waals surface area contributed by atoms with Gasteiger partial charge in [0.1, 0.15) is 0 Å². The lowest BCUT2D eigenvalue weighted by molar-refractivity contribution is 0.119. The molecule has 0 radical (unpaired) electrons. The second-order valence-corrected chi connectivity index (χ2v) is 7.67. The molecule has 0 unspecified atom stereocenters. The molecule has 0 amide bonds. The van der Waals surface area contributed by atoms with Gasteiger partial charge in [0.05, 0.1) is 0 Å². The Kier molecular flexibility index (Phi) is 2.87. The van der Waals surface area contributed by atoms with Crippen molar-refractivity contribution in [2.75, 3.05) is 26.2 Å². The number of nitrogens with zero attached hydrogens (tertiary/aromatic N) is 2. The quantitative estimate of drug-likeness (QED) is 0.623. The zero-order valence-electron chi connectivity index (χ0n) is 11.9. The van der Waals surface area contributed by atoms with Crippen LogP contribution in [0.4, 0.5) is 0 Å². The Morgan fingerprint density at radius 3 is 1.06 bits per heavy atom. The summed E-state index contributed by atoms with van der Waals surface area (Å²) in [5.41, 5.74) is 0.716. The van der Waals surface area contributed by atoms with Crippen LogP contribution in [0.5, 0.6) is 0 Å². The summed E-state index contributed by atoms with van der Waals surface area (Å²) in [6.45, 7) is 19.3. The highest BCUT2D eigenvalue weighted by Gasteiger charge is 2.44. The summed E-state index contributed by atoms with van der Waals surface area (Å²) in [6, 6.07) is 0. The van der Waals surface area contributed by atoms with Crippen LogP contribution >= 0.6 is 0 Å². The largest absolute Gasteiger partial charge is 0.298 e. The molecule has 0 aromatic heterocycles. The van der Waals surface area contributed by atoms with Crippen LogP contribution < -0.4 is 0 Å². The van der Waals surface area contributed by atoms with Crippen molar-refractivity contribution in [3.8, 4) is 0 Å². The zero-order valence-corrected chi connectivity index (χ0v) is 11.9. The highest BCUT2D eigenvalue weighted by Crippen LogP contribution is 2.37. The number of rotatable bonds is 0. The van der Waals surface area contributed by atoms with E-state index in [0.717, 1.165) is 11.8 Å². The van der Waals surface area contributed by atoms with Crippen LogP contribution in [0.1, 0.15) is 41.5 Å². The molecule has 2 heterocycles. The second kappa shape index (κ2) is 3.71. The first-order valence-corrected chi connectivity index (χ1v) is 6.68. The SMILES string of the molecule is CC(C)(C)N1CC2CN(C(C)(C)C)CC2C1. The molecule has 2 heteroatoms. The lowest BCUT2D eigenvalue weighted by Gasteiger charge is -2.36. The van der Waals surface area contributed by atoms with Gasteiger partial charge in [-0.1, -0.05) is 0 Å². The molecule has 0 atom stereocenters. The van der Waals surface area contributed by atoms with E-state index in [1.54, 1.807) is 0 Å². The highest BCUT2D eigenvalue weighted by atomic mass is 15.3. The molecule has 2 fully saturated rings. The summed E-state index contributed by atoms with van der Waals surface area (Å²) >= 11 is 0. The Morgan fingerprint density at radius 1 is 0.625 bits per heavy atom. The minimum atomic E-state index is 0.358. The lowest BCUT2D eigenvalue weighted by atomic mass is 10.0. The summed E-state index contributed by atoms with van der Waals surface area (Å²) in [7, 11) is 0. The standard InChI is InChI=1S/C14H28N2/c1-13(2,3)15-7-11-9-16(14(4,5)6)10-12(11)8-15/h11-12H,7-10H2,1-6H3. The van der Waals surface area contributed by atoms with Crippen molar-refractivity contribution in [3.05, 3.63) is 0 Å². The third-order valence-electron chi connectivity index (χ3n) is 4.38. The van der Waals surface area contributed by atoms with E-state index in [1.165, 1.54) is 26.2 Å².